The molecule has 3 nitrogen and oxygen atoms in total. The van der Waals surface area contributed by atoms with Gasteiger partial charge in [0.1, 0.15) is 0 Å². The first-order valence-corrected chi connectivity index (χ1v) is 7.35. The van der Waals surface area contributed by atoms with Crippen LogP contribution in [0.5, 0.6) is 0 Å². The Bertz CT molecular complexity index is 410. The first kappa shape index (κ1) is 15.3. The fraction of sp³-hybridized carbons (Fsp3) is 0.462. The third-order valence-corrected chi connectivity index (χ3v) is 3.73. The second-order valence-corrected chi connectivity index (χ2v) is 5.57. The summed E-state index contributed by atoms with van der Waals surface area (Å²) in [5.41, 5.74) is 6.71. The highest BCUT2D eigenvalue weighted by Crippen LogP contribution is 2.27. The first-order valence-electron chi connectivity index (χ1n) is 5.99. The van der Waals surface area contributed by atoms with Gasteiger partial charge in [-0.15, -0.1) is 11.8 Å². The van der Waals surface area contributed by atoms with Crippen LogP contribution in [0.2, 0.25) is 5.02 Å². The zero-order valence-corrected chi connectivity index (χ0v) is 12.3. The van der Waals surface area contributed by atoms with Crippen molar-refractivity contribution >= 4 is 29.3 Å². The quantitative estimate of drug-likeness (QED) is 0.791. The number of amides is 1. The minimum absolute atomic E-state index is 0.0502. The zero-order chi connectivity index (χ0) is 13.5. The molecule has 0 bridgehead atoms. The molecular weight excluding hydrogens is 268 g/mol. The Morgan fingerprint density at radius 2 is 2.28 bits per heavy atom. The molecule has 0 heterocycles. The molecule has 0 radical (unpaired) electrons. The van der Waals surface area contributed by atoms with Gasteiger partial charge in [-0.1, -0.05) is 24.6 Å². The predicted octanol–water partition coefficient (Wildman–Crippen LogP) is 2.98. The van der Waals surface area contributed by atoms with E-state index in [0.29, 0.717) is 10.8 Å². The smallest absolute Gasteiger partial charge is 0.230 e. The molecule has 0 aliphatic carbocycles. The average Bonchev–Trinajstić information content (AvgIpc) is 2.33. The number of hydrogen-bond acceptors (Lipinski definition) is 3. The van der Waals surface area contributed by atoms with E-state index in [2.05, 4.69) is 5.32 Å². The van der Waals surface area contributed by atoms with E-state index in [9.17, 15) is 4.79 Å². The van der Waals surface area contributed by atoms with Crippen LogP contribution in [0.4, 0.5) is 0 Å². The summed E-state index contributed by atoms with van der Waals surface area (Å²) in [7, 11) is 0. The van der Waals surface area contributed by atoms with Crippen LogP contribution in [-0.4, -0.2) is 18.2 Å². The number of carbonyl (C=O) groups excluding carboxylic acids is 1. The lowest BCUT2D eigenvalue weighted by atomic mass is 10.1. The standard InChI is InChI=1S/C13H19ClN2OS/c1-3-6-16-13(17)8-18-10-4-5-11(9(2)15)12(14)7-10/h4-5,7,9H,3,6,8,15H2,1-2H3,(H,16,17). The molecule has 1 amide bonds. The van der Waals surface area contributed by atoms with Gasteiger partial charge in [0, 0.05) is 22.5 Å². The number of nitrogens with two attached hydrogens (primary N) is 1. The molecule has 1 aromatic rings. The normalized spacial score (nSPS) is 12.2. The van der Waals surface area contributed by atoms with E-state index < -0.39 is 0 Å². The molecule has 1 rings (SSSR count). The maximum absolute atomic E-state index is 11.5. The molecule has 0 saturated heterocycles. The van der Waals surface area contributed by atoms with Gasteiger partial charge in [-0.3, -0.25) is 4.79 Å². The summed E-state index contributed by atoms with van der Waals surface area (Å²) in [5, 5.41) is 3.49. The molecule has 3 N–H and O–H groups in total. The van der Waals surface area contributed by atoms with Crippen molar-refractivity contribution < 1.29 is 4.79 Å². The highest BCUT2D eigenvalue weighted by molar-refractivity contribution is 8.00. The van der Waals surface area contributed by atoms with E-state index in [1.54, 1.807) is 0 Å². The van der Waals surface area contributed by atoms with Gasteiger partial charge in [-0.25, -0.2) is 0 Å². The Kier molecular flexibility index (Phi) is 6.54. The maximum atomic E-state index is 11.5. The van der Waals surface area contributed by atoms with Gasteiger partial charge in [0.2, 0.25) is 5.91 Å². The van der Waals surface area contributed by atoms with Crippen LogP contribution in [0.3, 0.4) is 0 Å². The molecule has 0 fully saturated rings. The monoisotopic (exact) mass is 286 g/mol. The lowest BCUT2D eigenvalue weighted by Crippen LogP contribution is -2.25. The maximum Gasteiger partial charge on any atom is 0.230 e. The molecule has 0 aliphatic rings. The SMILES string of the molecule is CCCNC(=O)CSc1ccc(C(C)N)c(Cl)c1. The van der Waals surface area contributed by atoms with Gasteiger partial charge in [0.05, 0.1) is 5.75 Å². The molecular formula is C13H19ClN2OS. The summed E-state index contributed by atoms with van der Waals surface area (Å²) in [6, 6.07) is 5.64. The fourth-order valence-corrected chi connectivity index (χ4v) is 2.61. The molecule has 1 unspecified atom stereocenters. The van der Waals surface area contributed by atoms with Crippen LogP contribution in [0, 0.1) is 0 Å². The highest BCUT2D eigenvalue weighted by atomic mass is 35.5. The minimum atomic E-state index is -0.0793. The van der Waals surface area contributed by atoms with Crippen molar-refractivity contribution in [2.75, 3.05) is 12.3 Å². The van der Waals surface area contributed by atoms with E-state index >= 15 is 0 Å². The van der Waals surface area contributed by atoms with Crippen molar-refractivity contribution in [3.63, 3.8) is 0 Å². The lowest BCUT2D eigenvalue weighted by molar-refractivity contribution is -0.118. The van der Waals surface area contributed by atoms with Gasteiger partial charge >= 0.3 is 0 Å². The summed E-state index contributed by atoms with van der Waals surface area (Å²) in [5.74, 6) is 0.461. The second kappa shape index (κ2) is 7.67. The Labute approximate surface area is 117 Å². The second-order valence-electron chi connectivity index (χ2n) is 4.11. The van der Waals surface area contributed by atoms with Crippen LogP contribution in [0.15, 0.2) is 23.1 Å². The minimum Gasteiger partial charge on any atom is -0.355 e. The van der Waals surface area contributed by atoms with Crippen molar-refractivity contribution in [2.45, 2.75) is 31.2 Å². The molecule has 0 saturated carbocycles. The molecule has 0 aromatic heterocycles. The average molecular weight is 287 g/mol. The Hall–Kier alpha value is -0.710. The number of nitrogens with one attached hydrogen (secondary N) is 1. The summed E-state index contributed by atoms with van der Waals surface area (Å²) in [4.78, 5) is 12.4. The van der Waals surface area contributed by atoms with E-state index in [-0.39, 0.29) is 11.9 Å². The van der Waals surface area contributed by atoms with Gasteiger partial charge in [0.25, 0.3) is 0 Å². The van der Waals surface area contributed by atoms with Crippen LogP contribution >= 0.6 is 23.4 Å². The van der Waals surface area contributed by atoms with E-state index in [1.165, 1.54) is 11.8 Å². The molecule has 1 atom stereocenters. The number of halogens is 1. The van der Waals surface area contributed by atoms with Crippen LogP contribution in [0.25, 0.3) is 0 Å². The largest absolute Gasteiger partial charge is 0.355 e. The number of rotatable bonds is 6. The van der Waals surface area contributed by atoms with Crippen LogP contribution in [-0.2, 0) is 4.79 Å². The van der Waals surface area contributed by atoms with Gasteiger partial charge < -0.3 is 11.1 Å². The van der Waals surface area contributed by atoms with Crippen LogP contribution in [0.1, 0.15) is 31.9 Å². The summed E-state index contributed by atoms with van der Waals surface area (Å²) in [6.45, 7) is 4.65. The third kappa shape index (κ3) is 4.88. The van der Waals surface area contributed by atoms with Crippen molar-refractivity contribution in [3.05, 3.63) is 28.8 Å². The number of hydrogen-bond donors (Lipinski definition) is 2. The Morgan fingerprint density at radius 1 is 1.56 bits per heavy atom. The highest BCUT2D eigenvalue weighted by Gasteiger charge is 2.07. The van der Waals surface area contributed by atoms with Gasteiger partial charge in [-0.2, -0.15) is 0 Å². The lowest BCUT2D eigenvalue weighted by Gasteiger charge is -2.10. The third-order valence-electron chi connectivity index (χ3n) is 2.40. The summed E-state index contributed by atoms with van der Waals surface area (Å²) >= 11 is 7.61. The van der Waals surface area contributed by atoms with E-state index in [1.807, 2.05) is 32.0 Å². The van der Waals surface area contributed by atoms with Crippen molar-refractivity contribution in [1.82, 2.24) is 5.32 Å². The summed E-state index contributed by atoms with van der Waals surface area (Å²) < 4.78 is 0. The summed E-state index contributed by atoms with van der Waals surface area (Å²) in [6.07, 6.45) is 0.950. The van der Waals surface area contributed by atoms with Crippen LogP contribution < -0.4 is 11.1 Å². The Balaban J connectivity index is 2.53. The Morgan fingerprint density at radius 3 is 2.83 bits per heavy atom. The predicted molar refractivity (Wildman–Crippen MR) is 78.1 cm³/mol. The number of thioether (sulfide) groups is 1. The van der Waals surface area contributed by atoms with E-state index in [0.717, 1.165) is 23.4 Å². The fourth-order valence-electron chi connectivity index (χ4n) is 1.43. The van der Waals surface area contributed by atoms with Crippen molar-refractivity contribution in [2.24, 2.45) is 5.73 Å². The van der Waals surface area contributed by atoms with Gasteiger partial charge in [-0.05, 0) is 31.0 Å². The van der Waals surface area contributed by atoms with Gasteiger partial charge in [0.15, 0.2) is 0 Å². The number of carbonyl (C=O) groups is 1. The molecule has 5 heteroatoms. The molecule has 0 spiro atoms. The number of benzene rings is 1. The molecule has 18 heavy (non-hydrogen) atoms. The van der Waals surface area contributed by atoms with Crippen molar-refractivity contribution in [1.29, 1.82) is 0 Å². The van der Waals surface area contributed by atoms with E-state index in [4.69, 9.17) is 17.3 Å². The first-order chi connectivity index (χ1) is 8.54. The molecule has 0 aliphatic heterocycles. The van der Waals surface area contributed by atoms with Crippen molar-refractivity contribution in [3.8, 4) is 0 Å². The molecule has 100 valence electrons. The molecule has 1 aromatic carbocycles. The topological polar surface area (TPSA) is 55.1 Å². The zero-order valence-electron chi connectivity index (χ0n) is 10.7.